The molecule has 10 nitrogen and oxygen atoms in total. The van der Waals surface area contributed by atoms with Crippen molar-refractivity contribution in [3.8, 4) is 11.5 Å². The first-order chi connectivity index (χ1) is 15.0. The molecule has 3 rings (SSSR count). The number of aromatic nitrogens is 3. The van der Waals surface area contributed by atoms with Crippen LogP contribution in [0, 0.1) is 0 Å². The number of methoxy groups -OCH3 is 2. The van der Waals surface area contributed by atoms with E-state index in [4.69, 9.17) is 15.3 Å². The summed E-state index contributed by atoms with van der Waals surface area (Å²) in [7, 11) is 3.15. The molecule has 0 spiro atoms. The second-order valence-corrected chi connectivity index (χ2v) is 7.20. The number of rotatable bonds is 9. The quantitative estimate of drug-likeness (QED) is 0.200. The predicted octanol–water partition coefficient (Wildman–Crippen LogP) is 2.58. The number of nitrogens with zero attached hydrogens (tertiary/aromatic N) is 4. The van der Waals surface area contributed by atoms with Crippen molar-refractivity contribution in [3.05, 3.63) is 54.1 Å². The lowest BCUT2D eigenvalue weighted by Gasteiger charge is -2.09. The maximum Gasteiger partial charge on any atom is 0.264 e. The van der Waals surface area contributed by atoms with Crippen LogP contribution in [0.2, 0.25) is 0 Å². The van der Waals surface area contributed by atoms with E-state index in [0.717, 1.165) is 11.3 Å². The first kappa shape index (κ1) is 22.0. The number of nitrogens with one attached hydrogen (secondary N) is 2. The summed E-state index contributed by atoms with van der Waals surface area (Å²) in [5.41, 5.74) is 5.03. The molecule has 2 aromatic carbocycles. The van der Waals surface area contributed by atoms with Gasteiger partial charge in [-0.15, -0.1) is 10.2 Å². The standard InChI is InChI=1S/C20H23N7O3S/c1-13(14-9-10-16(29-2)17(11-14)30-3)23-24-19-25-26-20(27(19)21)31-12-18(28)22-15-7-5-4-6-8-15/h4-11H,12,21H2,1-3H3,(H,22,28)(H,24,25)/b23-13+. The van der Waals surface area contributed by atoms with E-state index in [1.807, 2.05) is 49.4 Å². The Hall–Kier alpha value is -3.73. The minimum atomic E-state index is -0.170. The summed E-state index contributed by atoms with van der Waals surface area (Å²) in [6.45, 7) is 1.83. The molecule has 4 N–H and O–H groups in total. The number of hydrogen-bond donors (Lipinski definition) is 3. The minimum absolute atomic E-state index is 0.137. The zero-order valence-electron chi connectivity index (χ0n) is 17.3. The van der Waals surface area contributed by atoms with E-state index in [-0.39, 0.29) is 17.6 Å². The number of carbonyl (C=O) groups excluding carboxylic acids is 1. The van der Waals surface area contributed by atoms with E-state index in [0.29, 0.717) is 22.4 Å². The van der Waals surface area contributed by atoms with Gasteiger partial charge < -0.3 is 20.6 Å². The van der Waals surface area contributed by atoms with Gasteiger partial charge in [0.1, 0.15) is 0 Å². The molecule has 0 aliphatic carbocycles. The third kappa shape index (κ3) is 5.66. The van der Waals surface area contributed by atoms with Crippen LogP contribution in [0.5, 0.6) is 11.5 Å². The second kappa shape index (κ2) is 10.3. The number of benzene rings is 2. The predicted molar refractivity (Wildman–Crippen MR) is 121 cm³/mol. The molecule has 0 radical (unpaired) electrons. The lowest BCUT2D eigenvalue weighted by molar-refractivity contribution is -0.113. The highest BCUT2D eigenvalue weighted by atomic mass is 32.2. The van der Waals surface area contributed by atoms with Crippen molar-refractivity contribution >= 4 is 35.0 Å². The third-order valence-corrected chi connectivity index (χ3v) is 5.12. The van der Waals surface area contributed by atoms with Crippen LogP contribution in [0.1, 0.15) is 12.5 Å². The molecular weight excluding hydrogens is 418 g/mol. The molecule has 0 fully saturated rings. The lowest BCUT2D eigenvalue weighted by atomic mass is 10.1. The number of anilines is 2. The van der Waals surface area contributed by atoms with Crippen molar-refractivity contribution in [2.75, 3.05) is 36.6 Å². The fourth-order valence-electron chi connectivity index (χ4n) is 2.56. The SMILES string of the molecule is COc1ccc(/C(C)=N/Nc2nnc(SCC(=O)Nc3ccccc3)n2N)cc1OC. The highest BCUT2D eigenvalue weighted by Gasteiger charge is 2.13. The first-order valence-corrected chi connectivity index (χ1v) is 10.2. The summed E-state index contributed by atoms with van der Waals surface area (Å²) in [5, 5.41) is 15.5. The summed E-state index contributed by atoms with van der Waals surface area (Å²) < 4.78 is 11.8. The van der Waals surface area contributed by atoms with Gasteiger partial charge in [0, 0.05) is 11.3 Å². The monoisotopic (exact) mass is 441 g/mol. The van der Waals surface area contributed by atoms with Gasteiger partial charge in [-0.3, -0.25) is 4.79 Å². The number of hydrazone groups is 1. The van der Waals surface area contributed by atoms with Gasteiger partial charge in [-0.05, 0) is 37.3 Å². The van der Waals surface area contributed by atoms with Crippen LogP contribution < -0.4 is 26.1 Å². The Morgan fingerprint density at radius 2 is 1.87 bits per heavy atom. The van der Waals surface area contributed by atoms with Crippen molar-refractivity contribution in [2.24, 2.45) is 5.10 Å². The van der Waals surface area contributed by atoms with Gasteiger partial charge in [-0.2, -0.15) is 5.10 Å². The van der Waals surface area contributed by atoms with Crippen molar-refractivity contribution in [1.29, 1.82) is 0 Å². The van der Waals surface area contributed by atoms with E-state index >= 15 is 0 Å². The molecule has 1 amide bonds. The van der Waals surface area contributed by atoms with E-state index in [9.17, 15) is 4.79 Å². The topological polar surface area (TPSA) is 129 Å². The molecule has 0 unspecified atom stereocenters. The number of hydrogen-bond acceptors (Lipinski definition) is 9. The Morgan fingerprint density at radius 3 is 2.58 bits per heavy atom. The smallest absolute Gasteiger partial charge is 0.264 e. The molecule has 0 saturated heterocycles. The van der Waals surface area contributed by atoms with Crippen LogP contribution >= 0.6 is 11.8 Å². The molecule has 1 heterocycles. The number of nitrogen functional groups attached to an aromatic ring is 1. The van der Waals surface area contributed by atoms with Crippen molar-refractivity contribution in [1.82, 2.24) is 14.9 Å². The van der Waals surface area contributed by atoms with Crippen LogP contribution in [0.3, 0.4) is 0 Å². The number of nitrogens with two attached hydrogens (primary N) is 1. The molecule has 1 aromatic heterocycles. The molecule has 0 saturated carbocycles. The Labute approximate surface area is 183 Å². The second-order valence-electron chi connectivity index (χ2n) is 6.26. The third-order valence-electron chi connectivity index (χ3n) is 4.18. The maximum absolute atomic E-state index is 12.1. The molecule has 0 aliphatic heterocycles. The zero-order valence-corrected chi connectivity index (χ0v) is 18.1. The summed E-state index contributed by atoms with van der Waals surface area (Å²) in [4.78, 5) is 12.1. The largest absolute Gasteiger partial charge is 0.493 e. The molecule has 31 heavy (non-hydrogen) atoms. The van der Waals surface area contributed by atoms with Gasteiger partial charge in [-0.1, -0.05) is 30.0 Å². The van der Waals surface area contributed by atoms with E-state index < -0.39 is 0 Å². The highest BCUT2D eigenvalue weighted by molar-refractivity contribution is 7.99. The van der Waals surface area contributed by atoms with E-state index in [1.54, 1.807) is 20.3 Å². The van der Waals surface area contributed by atoms with Gasteiger partial charge in [0.2, 0.25) is 11.1 Å². The van der Waals surface area contributed by atoms with E-state index in [2.05, 4.69) is 26.0 Å². The van der Waals surface area contributed by atoms with Crippen LogP contribution in [0.4, 0.5) is 11.6 Å². The average Bonchev–Trinajstić information content (AvgIpc) is 3.15. The number of ether oxygens (including phenoxy) is 2. The average molecular weight is 442 g/mol. The Morgan fingerprint density at radius 1 is 1.13 bits per heavy atom. The Kier molecular flexibility index (Phi) is 7.33. The fourth-order valence-corrected chi connectivity index (χ4v) is 3.22. The molecule has 0 bridgehead atoms. The number of amides is 1. The molecule has 0 aliphatic rings. The normalized spacial score (nSPS) is 11.1. The number of para-hydroxylation sites is 1. The van der Waals surface area contributed by atoms with Crippen LogP contribution in [-0.2, 0) is 4.79 Å². The van der Waals surface area contributed by atoms with Gasteiger partial charge in [-0.25, -0.2) is 10.1 Å². The molecule has 3 aromatic rings. The Balaban J connectivity index is 1.60. The molecule has 0 atom stereocenters. The zero-order chi connectivity index (χ0) is 22.2. The van der Waals surface area contributed by atoms with E-state index in [1.165, 1.54) is 16.4 Å². The van der Waals surface area contributed by atoms with Crippen molar-refractivity contribution < 1.29 is 14.3 Å². The summed E-state index contributed by atoms with van der Waals surface area (Å²) >= 11 is 1.17. The maximum atomic E-state index is 12.1. The van der Waals surface area contributed by atoms with Gasteiger partial charge in [0.25, 0.3) is 5.95 Å². The minimum Gasteiger partial charge on any atom is -0.493 e. The fraction of sp³-hybridized carbons (Fsp3) is 0.200. The summed E-state index contributed by atoms with van der Waals surface area (Å²) in [6.07, 6.45) is 0. The number of carbonyl (C=O) groups is 1. The summed E-state index contributed by atoms with van der Waals surface area (Å²) in [5.74, 6) is 7.46. The van der Waals surface area contributed by atoms with Crippen molar-refractivity contribution in [2.45, 2.75) is 12.1 Å². The van der Waals surface area contributed by atoms with Gasteiger partial charge in [0.15, 0.2) is 11.5 Å². The summed E-state index contributed by atoms with van der Waals surface area (Å²) in [6, 6.07) is 14.7. The van der Waals surface area contributed by atoms with Crippen LogP contribution in [-0.4, -0.2) is 46.5 Å². The Bertz CT molecular complexity index is 1070. The van der Waals surface area contributed by atoms with Gasteiger partial charge in [0.05, 0.1) is 25.7 Å². The highest BCUT2D eigenvalue weighted by Crippen LogP contribution is 2.27. The number of thioether (sulfide) groups is 1. The lowest BCUT2D eigenvalue weighted by Crippen LogP contribution is -2.17. The molecular formula is C20H23N7O3S. The first-order valence-electron chi connectivity index (χ1n) is 9.22. The molecule has 11 heteroatoms. The molecule has 162 valence electrons. The van der Waals surface area contributed by atoms with Crippen LogP contribution in [0.25, 0.3) is 0 Å². The van der Waals surface area contributed by atoms with Gasteiger partial charge >= 0.3 is 0 Å². The van der Waals surface area contributed by atoms with Crippen LogP contribution in [0.15, 0.2) is 58.8 Å². The van der Waals surface area contributed by atoms with Crippen molar-refractivity contribution in [3.63, 3.8) is 0 Å².